The van der Waals surface area contributed by atoms with Gasteiger partial charge in [-0.25, -0.2) is 4.39 Å². The fraction of sp³-hybridized carbons (Fsp3) is 0.462. The van der Waals surface area contributed by atoms with E-state index < -0.39 is 17.6 Å². The Labute approximate surface area is 107 Å². The van der Waals surface area contributed by atoms with Gasteiger partial charge in [-0.1, -0.05) is 6.07 Å². The van der Waals surface area contributed by atoms with Gasteiger partial charge in [0.1, 0.15) is 5.82 Å². The number of nitrogens with one attached hydrogen (secondary N) is 1. The number of Topliss-reactive ketones (excluding diaryl/α,β-unsaturated/α-hetero) is 1. The molecule has 0 spiro atoms. The molecule has 1 heterocycles. The van der Waals surface area contributed by atoms with Crippen molar-refractivity contribution in [2.45, 2.75) is 19.0 Å². The molecule has 1 aliphatic heterocycles. The third-order valence-corrected chi connectivity index (χ3v) is 3.23. The van der Waals surface area contributed by atoms with Gasteiger partial charge in [-0.05, 0) is 37.6 Å². The van der Waals surface area contributed by atoms with E-state index in [2.05, 4.69) is 5.32 Å². The zero-order valence-corrected chi connectivity index (χ0v) is 10.1. The molecule has 1 aromatic carbocycles. The molecular formula is C13H13F4NO. The lowest BCUT2D eigenvalue weighted by atomic mass is 9.97. The molecule has 1 N–H and O–H groups in total. The van der Waals surface area contributed by atoms with E-state index in [0.29, 0.717) is 12.1 Å². The quantitative estimate of drug-likeness (QED) is 0.678. The minimum atomic E-state index is -4.74. The summed E-state index contributed by atoms with van der Waals surface area (Å²) in [7, 11) is 0. The maximum atomic E-state index is 13.3. The third kappa shape index (κ3) is 3.32. The van der Waals surface area contributed by atoms with Gasteiger partial charge in [-0.15, -0.1) is 0 Å². The second-order valence-corrected chi connectivity index (χ2v) is 4.68. The highest BCUT2D eigenvalue weighted by molar-refractivity contribution is 5.96. The van der Waals surface area contributed by atoms with Crippen LogP contribution in [0.3, 0.4) is 0 Å². The molecule has 1 atom stereocenters. The second kappa shape index (κ2) is 5.28. The van der Waals surface area contributed by atoms with Crippen LogP contribution in [0.25, 0.3) is 0 Å². The summed E-state index contributed by atoms with van der Waals surface area (Å²) in [5.74, 6) is -1.54. The minimum absolute atomic E-state index is 0.00241. The van der Waals surface area contributed by atoms with E-state index in [4.69, 9.17) is 0 Å². The number of carbonyl (C=O) groups is 1. The van der Waals surface area contributed by atoms with E-state index >= 15 is 0 Å². The first-order chi connectivity index (χ1) is 8.88. The third-order valence-electron chi connectivity index (χ3n) is 3.23. The van der Waals surface area contributed by atoms with E-state index in [1.54, 1.807) is 0 Å². The maximum Gasteiger partial charge on any atom is 0.419 e. The fourth-order valence-corrected chi connectivity index (χ4v) is 2.19. The Bertz CT molecular complexity index is 478. The topological polar surface area (TPSA) is 29.1 Å². The van der Waals surface area contributed by atoms with Crippen molar-refractivity contribution in [3.8, 4) is 0 Å². The van der Waals surface area contributed by atoms with Gasteiger partial charge < -0.3 is 5.32 Å². The van der Waals surface area contributed by atoms with Crippen molar-refractivity contribution in [1.82, 2.24) is 5.32 Å². The number of carbonyl (C=O) groups excluding carboxylic acids is 1. The lowest BCUT2D eigenvalue weighted by Gasteiger charge is -2.10. The van der Waals surface area contributed by atoms with Crippen LogP contribution in [0.4, 0.5) is 17.6 Å². The Hall–Kier alpha value is -1.43. The van der Waals surface area contributed by atoms with Gasteiger partial charge in [0.2, 0.25) is 0 Å². The van der Waals surface area contributed by atoms with E-state index in [1.165, 1.54) is 0 Å². The first kappa shape index (κ1) is 14.0. The van der Waals surface area contributed by atoms with Gasteiger partial charge in [0.15, 0.2) is 5.78 Å². The highest BCUT2D eigenvalue weighted by Gasteiger charge is 2.34. The molecule has 0 amide bonds. The Balaban J connectivity index is 2.12. The highest BCUT2D eigenvalue weighted by atomic mass is 19.4. The first-order valence-corrected chi connectivity index (χ1v) is 5.98. The number of rotatable bonds is 3. The Morgan fingerprint density at radius 3 is 2.63 bits per heavy atom. The number of benzene rings is 1. The Kier molecular flexibility index (Phi) is 3.89. The molecule has 104 valence electrons. The van der Waals surface area contributed by atoms with Crippen LogP contribution in [-0.4, -0.2) is 18.9 Å². The molecule has 6 heteroatoms. The molecular weight excluding hydrogens is 262 g/mol. The Morgan fingerprint density at radius 2 is 2.11 bits per heavy atom. The first-order valence-electron chi connectivity index (χ1n) is 5.98. The predicted molar refractivity (Wildman–Crippen MR) is 61.3 cm³/mol. The van der Waals surface area contributed by atoms with Gasteiger partial charge in [0.05, 0.1) is 5.56 Å². The van der Waals surface area contributed by atoms with Crippen molar-refractivity contribution in [2.75, 3.05) is 13.1 Å². The van der Waals surface area contributed by atoms with Gasteiger partial charge in [-0.2, -0.15) is 13.2 Å². The highest BCUT2D eigenvalue weighted by Crippen LogP contribution is 2.31. The fourth-order valence-electron chi connectivity index (χ4n) is 2.19. The molecule has 0 saturated carbocycles. The molecule has 19 heavy (non-hydrogen) atoms. The molecule has 2 rings (SSSR count). The van der Waals surface area contributed by atoms with Crippen molar-refractivity contribution in [3.63, 3.8) is 0 Å². The van der Waals surface area contributed by atoms with E-state index in [0.717, 1.165) is 25.6 Å². The summed E-state index contributed by atoms with van der Waals surface area (Å²) in [4.78, 5) is 11.8. The summed E-state index contributed by atoms with van der Waals surface area (Å²) in [6.45, 7) is 1.55. The van der Waals surface area contributed by atoms with E-state index in [1.807, 2.05) is 0 Å². The molecule has 1 saturated heterocycles. The minimum Gasteiger partial charge on any atom is -0.316 e. The summed E-state index contributed by atoms with van der Waals surface area (Å²) in [6.07, 6.45) is -3.65. The van der Waals surface area contributed by atoms with Crippen LogP contribution >= 0.6 is 0 Å². The molecule has 0 radical (unpaired) electrons. The van der Waals surface area contributed by atoms with Crippen molar-refractivity contribution < 1.29 is 22.4 Å². The average molecular weight is 275 g/mol. The lowest BCUT2D eigenvalue weighted by molar-refractivity contribution is -0.140. The number of hydrogen-bond acceptors (Lipinski definition) is 2. The van der Waals surface area contributed by atoms with Crippen molar-refractivity contribution in [2.24, 2.45) is 5.92 Å². The largest absolute Gasteiger partial charge is 0.419 e. The van der Waals surface area contributed by atoms with Gasteiger partial charge in [0, 0.05) is 12.0 Å². The van der Waals surface area contributed by atoms with Crippen LogP contribution in [0.2, 0.25) is 0 Å². The van der Waals surface area contributed by atoms with Crippen LogP contribution in [0.5, 0.6) is 0 Å². The Morgan fingerprint density at radius 1 is 1.37 bits per heavy atom. The molecule has 1 aromatic rings. The smallest absolute Gasteiger partial charge is 0.316 e. The van der Waals surface area contributed by atoms with Crippen LogP contribution in [0, 0.1) is 11.7 Å². The predicted octanol–water partition coefficient (Wildman–Crippen LogP) is 3.03. The SMILES string of the molecule is O=C(CC1CCNC1)c1ccc(C(F)(F)F)c(F)c1. The normalized spacial score (nSPS) is 19.7. The van der Waals surface area contributed by atoms with Crippen molar-refractivity contribution in [3.05, 3.63) is 35.1 Å². The average Bonchev–Trinajstić information content (AvgIpc) is 2.79. The number of ketones is 1. The molecule has 0 aliphatic carbocycles. The molecule has 1 aliphatic rings. The molecule has 2 nitrogen and oxygen atoms in total. The van der Waals surface area contributed by atoms with Gasteiger partial charge in [-0.3, -0.25) is 4.79 Å². The molecule has 0 bridgehead atoms. The number of alkyl halides is 3. The van der Waals surface area contributed by atoms with Crippen LogP contribution in [-0.2, 0) is 6.18 Å². The summed E-state index contributed by atoms with van der Waals surface area (Å²) < 4.78 is 50.5. The van der Waals surface area contributed by atoms with Crippen molar-refractivity contribution in [1.29, 1.82) is 0 Å². The van der Waals surface area contributed by atoms with Crippen LogP contribution in [0.15, 0.2) is 18.2 Å². The lowest BCUT2D eigenvalue weighted by Crippen LogP contribution is -2.14. The van der Waals surface area contributed by atoms with E-state index in [9.17, 15) is 22.4 Å². The summed E-state index contributed by atoms with van der Waals surface area (Å²) in [5, 5.41) is 3.09. The number of hydrogen-bond donors (Lipinski definition) is 1. The molecule has 0 aromatic heterocycles. The van der Waals surface area contributed by atoms with Crippen molar-refractivity contribution >= 4 is 5.78 Å². The zero-order valence-electron chi connectivity index (χ0n) is 10.1. The number of halogens is 4. The van der Waals surface area contributed by atoms with Gasteiger partial charge in [0.25, 0.3) is 0 Å². The maximum absolute atomic E-state index is 13.3. The van der Waals surface area contributed by atoms with Crippen LogP contribution < -0.4 is 5.32 Å². The zero-order chi connectivity index (χ0) is 14.0. The molecule has 1 unspecified atom stereocenters. The van der Waals surface area contributed by atoms with E-state index in [-0.39, 0.29) is 23.7 Å². The monoisotopic (exact) mass is 275 g/mol. The summed E-state index contributed by atoms with van der Waals surface area (Å²) in [5.41, 5.74) is -1.34. The van der Waals surface area contributed by atoms with Crippen LogP contribution in [0.1, 0.15) is 28.8 Å². The van der Waals surface area contributed by atoms with Gasteiger partial charge >= 0.3 is 6.18 Å². The summed E-state index contributed by atoms with van der Waals surface area (Å²) >= 11 is 0. The summed E-state index contributed by atoms with van der Waals surface area (Å²) in [6, 6.07) is 2.33. The second-order valence-electron chi connectivity index (χ2n) is 4.68. The standard InChI is InChI=1S/C13H13F4NO/c14-11-6-9(1-2-10(11)13(15,16)17)12(19)5-8-3-4-18-7-8/h1-2,6,8,18H,3-5,7H2. The molecule has 1 fully saturated rings.